The third-order valence-corrected chi connectivity index (χ3v) is 2.27. The SMILES string of the molecule is CC(N)c1ncccc1-c1ccc(F)cn1. The molecule has 0 bridgehead atoms. The second kappa shape index (κ2) is 4.37. The van der Waals surface area contributed by atoms with E-state index in [1.54, 1.807) is 12.3 Å². The fourth-order valence-electron chi connectivity index (χ4n) is 1.53. The number of pyridine rings is 2. The highest BCUT2D eigenvalue weighted by Crippen LogP contribution is 2.23. The topological polar surface area (TPSA) is 51.8 Å². The minimum atomic E-state index is -0.352. The summed E-state index contributed by atoms with van der Waals surface area (Å²) in [5, 5.41) is 0. The second-order valence-corrected chi connectivity index (χ2v) is 3.59. The summed E-state index contributed by atoms with van der Waals surface area (Å²) in [6.45, 7) is 1.86. The molecule has 0 fully saturated rings. The lowest BCUT2D eigenvalue weighted by molar-refractivity contribution is 0.622. The Morgan fingerprint density at radius 3 is 2.69 bits per heavy atom. The average molecular weight is 217 g/mol. The van der Waals surface area contributed by atoms with Gasteiger partial charge in [0.05, 0.1) is 17.6 Å². The standard InChI is InChI=1S/C12H12FN3/c1-8(14)12-10(3-2-6-15-12)11-5-4-9(13)7-16-11/h2-8H,14H2,1H3. The number of halogens is 1. The van der Waals surface area contributed by atoms with E-state index in [1.807, 2.05) is 19.1 Å². The van der Waals surface area contributed by atoms with Crippen LogP contribution in [0.15, 0.2) is 36.7 Å². The van der Waals surface area contributed by atoms with E-state index >= 15 is 0 Å². The molecule has 2 N–H and O–H groups in total. The van der Waals surface area contributed by atoms with E-state index in [0.29, 0.717) is 5.69 Å². The summed E-state index contributed by atoms with van der Waals surface area (Å²) in [5.74, 6) is -0.352. The Labute approximate surface area is 93.2 Å². The number of nitrogens with zero attached hydrogens (tertiary/aromatic N) is 2. The number of nitrogens with two attached hydrogens (primary N) is 1. The molecule has 0 aromatic carbocycles. The van der Waals surface area contributed by atoms with Crippen molar-refractivity contribution in [3.8, 4) is 11.3 Å². The van der Waals surface area contributed by atoms with E-state index in [2.05, 4.69) is 9.97 Å². The normalized spacial score (nSPS) is 12.4. The molecule has 82 valence electrons. The molecular formula is C12H12FN3. The summed E-state index contributed by atoms with van der Waals surface area (Å²) in [6.07, 6.45) is 2.87. The first-order valence-electron chi connectivity index (χ1n) is 5.01. The van der Waals surface area contributed by atoms with Gasteiger partial charge in [-0.15, -0.1) is 0 Å². The Bertz CT molecular complexity index is 480. The molecule has 2 aromatic heterocycles. The van der Waals surface area contributed by atoms with Crippen molar-refractivity contribution in [3.63, 3.8) is 0 Å². The second-order valence-electron chi connectivity index (χ2n) is 3.59. The van der Waals surface area contributed by atoms with Crippen LogP contribution >= 0.6 is 0 Å². The Morgan fingerprint density at radius 2 is 2.06 bits per heavy atom. The highest BCUT2D eigenvalue weighted by atomic mass is 19.1. The Hall–Kier alpha value is -1.81. The predicted octanol–water partition coefficient (Wildman–Crippen LogP) is 2.30. The largest absolute Gasteiger partial charge is 0.323 e. The Balaban J connectivity index is 2.51. The lowest BCUT2D eigenvalue weighted by Gasteiger charge is -2.10. The van der Waals surface area contributed by atoms with E-state index < -0.39 is 0 Å². The molecule has 16 heavy (non-hydrogen) atoms. The van der Waals surface area contributed by atoms with Crippen LogP contribution in [0.5, 0.6) is 0 Å². The zero-order valence-corrected chi connectivity index (χ0v) is 8.89. The average Bonchev–Trinajstić information content (AvgIpc) is 2.30. The van der Waals surface area contributed by atoms with Crippen LogP contribution in [0.25, 0.3) is 11.3 Å². The van der Waals surface area contributed by atoms with Crippen LogP contribution in [0, 0.1) is 5.82 Å². The summed E-state index contributed by atoms with van der Waals surface area (Å²) in [7, 11) is 0. The summed E-state index contributed by atoms with van der Waals surface area (Å²) in [4.78, 5) is 8.24. The van der Waals surface area contributed by atoms with Crippen molar-refractivity contribution >= 4 is 0 Å². The Kier molecular flexibility index (Phi) is 2.92. The first kappa shape index (κ1) is 10.7. The van der Waals surface area contributed by atoms with Gasteiger partial charge < -0.3 is 5.73 Å². The minimum Gasteiger partial charge on any atom is -0.323 e. The predicted molar refractivity (Wildman–Crippen MR) is 60.0 cm³/mol. The highest BCUT2D eigenvalue weighted by molar-refractivity contribution is 5.62. The van der Waals surface area contributed by atoms with Crippen molar-refractivity contribution < 1.29 is 4.39 Å². The molecule has 0 saturated heterocycles. The summed E-state index contributed by atoms with van der Waals surface area (Å²) in [5.41, 5.74) is 8.11. The zero-order chi connectivity index (χ0) is 11.5. The van der Waals surface area contributed by atoms with Crippen LogP contribution in [0.2, 0.25) is 0 Å². The molecule has 0 aliphatic heterocycles. The molecular weight excluding hydrogens is 205 g/mol. The van der Waals surface area contributed by atoms with E-state index in [1.165, 1.54) is 12.3 Å². The quantitative estimate of drug-likeness (QED) is 0.839. The lowest BCUT2D eigenvalue weighted by atomic mass is 10.1. The maximum Gasteiger partial charge on any atom is 0.141 e. The molecule has 2 heterocycles. The van der Waals surface area contributed by atoms with Crippen LogP contribution in [-0.2, 0) is 0 Å². The van der Waals surface area contributed by atoms with Gasteiger partial charge in [0.1, 0.15) is 5.82 Å². The van der Waals surface area contributed by atoms with Crippen molar-refractivity contribution in [2.75, 3.05) is 0 Å². The number of rotatable bonds is 2. The van der Waals surface area contributed by atoms with Crippen molar-refractivity contribution in [3.05, 3.63) is 48.2 Å². The van der Waals surface area contributed by atoms with E-state index in [-0.39, 0.29) is 11.9 Å². The fraction of sp³-hybridized carbons (Fsp3) is 0.167. The summed E-state index contributed by atoms with van der Waals surface area (Å²) < 4.78 is 12.8. The van der Waals surface area contributed by atoms with Gasteiger partial charge in [-0.05, 0) is 31.2 Å². The summed E-state index contributed by atoms with van der Waals surface area (Å²) >= 11 is 0. The molecule has 2 aromatic rings. The number of hydrogen-bond acceptors (Lipinski definition) is 3. The summed E-state index contributed by atoms with van der Waals surface area (Å²) in [6, 6.07) is 6.51. The van der Waals surface area contributed by atoms with Gasteiger partial charge in [0.25, 0.3) is 0 Å². The third-order valence-electron chi connectivity index (χ3n) is 2.27. The number of hydrogen-bond donors (Lipinski definition) is 1. The first-order valence-corrected chi connectivity index (χ1v) is 5.01. The molecule has 0 saturated carbocycles. The van der Waals surface area contributed by atoms with Crippen LogP contribution < -0.4 is 5.73 Å². The molecule has 4 heteroatoms. The van der Waals surface area contributed by atoms with Gasteiger partial charge in [-0.2, -0.15) is 0 Å². The molecule has 2 rings (SSSR count). The Morgan fingerprint density at radius 1 is 1.25 bits per heavy atom. The van der Waals surface area contributed by atoms with Gasteiger partial charge in [-0.25, -0.2) is 4.39 Å². The van der Waals surface area contributed by atoms with Gasteiger partial charge in [-0.3, -0.25) is 9.97 Å². The van der Waals surface area contributed by atoms with Gasteiger partial charge >= 0.3 is 0 Å². The lowest BCUT2D eigenvalue weighted by Crippen LogP contribution is -2.09. The van der Waals surface area contributed by atoms with E-state index in [4.69, 9.17) is 5.73 Å². The molecule has 0 amide bonds. The van der Waals surface area contributed by atoms with E-state index in [0.717, 1.165) is 11.3 Å². The van der Waals surface area contributed by atoms with Crippen molar-refractivity contribution in [1.29, 1.82) is 0 Å². The van der Waals surface area contributed by atoms with Gasteiger partial charge in [0.2, 0.25) is 0 Å². The molecule has 0 aliphatic rings. The highest BCUT2D eigenvalue weighted by Gasteiger charge is 2.10. The maximum atomic E-state index is 12.8. The number of aromatic nitrogens is 2. The maximum absolute atomic E-state index is 12.8. The van der Waals surface area contributed by atoms with E-state index in [9.17, 15) is 4.39 Å². The van der Waals surface area contributed by atoms with Gasteiger partial charge in [-0.1, -0.05) is 0 Å². The minimum absolute atomic E-state index is 0.178. The van der Waals surface area contributed by atoms with Crippen LogP contribution in [0.3, 0.4) is 0 Å². The fourth-order valence-corrected chi connectivity index (χ4v) is 1.53. The monoisotopic (exact) mass is 217 g/mol. The molecule has 1 unspecified atom stereocenters. The van der Waals surface area contributed by atoms with Crippen LogP contribution in [0.1, 0.15) is 18.7 Å². The van der Waals surface area contributed by atoms with Gasteiger partial charge in [0, 0.05) is 17.8 Å². The van der Waals surface area contributed by atoms with Crippen molar-refractivity contribution in [1.82, 2.24) is 9.97 Å². The van der Waals surface area contributed by atoms with Crippen molar-refractivity contribution in [2.45, 2.75) is 13.0 Å². The molecule has 0 radical (unpaired) electrons. The first-order chi connectivity index (χ1) is 7.68. The van der Waals surface area contributed by atoms with Crippen molar-refractivity contribution in [2.24, 2.45) is 5.73 Å². The molecule has 1 atom stereocenters. The van der Waals surface area contributed by atoms with Crippen LogP contribution in [-0.4, -0.2) is 9.97 Å². The third kappa shape index (κ3) is 2.06. The molecule has 3 nitrogen and oxygen atoms in total. The smallest absolute Gasteiger partial charge is 0.141 e. The molecule has 0 aliphatic carbocycles. The van der Waals surface area contributed by atoms with Gasteiger partial charge in [0.15, 0.2) is 0 Å². The zero-order valence-electron chi connectivity index (χ0n) is 8.89. The van der Waals surface area contributed by atoms with Crippen LogP contribution in [0.4, 0.5) is 4.39 Å². The molecule has 0 spiro atoms.